The van der Waals surface area contributed by atoms with Crippen molar-refractivity contribution in [2.24, 2.45) is 11.8 Å². The van der Waals surface area contributed by atoms with E-state index >= 15 is 0 Å². The number of aryl methyl sites for hydroxylation is 3. The molecule has 4 aromatic rings. The van der Waals surface area contributed by atoms with E-state index in [0.29, 0.717) is 40.8 Å². The lowest BCUT2D eigenvalue weighted by Crippen LogP contribution is -2.38. The maximum absolute atomic E-state index is 13.1. The molecule has 3 N–H and O–H groups in total. The minimum Gasteiger partial charge on any atom is -0.388 e. The van der Waals surface area contributed by atoms with Crippen molar-refractivity contribution < 1.29 is 24.5 Å². The summed E-state index contributed by atoms with van der Waals surface area (Å²) in [4.78, 5) is 51.7. The normalized spacial score (nSPS) is 20.7. The molecule has 2 aromatic heterocycles. The van der Waals surface area contributed by atoms with Gasteiger partial charge >= 0.3 is 0 Å². The second-order valence-electron chi connectivity index (χ2n) is 15.9. The molecule has 15 heteroatoms. The number of benzene rings is 2. The van der Waals surface area contributed by atoms with Crippen LogP contribution in [0.1, 0.15) is 75.8 Å². The predicted octanol–water partition coefficient (Wildman–Crippen LogP) is 4.52. The van der Waals surface area contributed by atoms with Gasteiger partial charge in [0.05, 0.1) is 19.2 Å². The largest absolute Gasteiger partial charge is 0.388 e. The van der Waals surface area contributed by atoms with Gasteiger partial charge in [0.25, 0.3) is 11.1 Å². The zero-order valence-electron chi connectivity index (χ0n) is 33.3. The molecule has 0 amide bonds. The van der Waals surface area contributed by atoms with Crippen LogP contribution in [0.2, 0.25) is 0 Å². The fraction of sp³-hybridized carbons (Fsp3) is 0.512. The second kappa shape index (κ2) is 18.7. The number of ketones is 1. The fourth-order valence-electron chi connectivity index (χ4n) is 8.40. The molecule has 58 heavy (non-hydrogen) atoms. The van der Waals surface area contributed by atoms with Gasteiger partial charge < -0.3 is 25.1 Å². The van der Waals surface area contributed by atoms with Crippen molar-refractivity contribution >= 4 is 29.3 Å². The van der Waals surface area contributed by atoms with E-state index in [1.54, 1.807) is 21.3 Å². The maximum Gasteiger partial charge on any atom is 0.257 e. The van der Waals surface area contributed by atoms with Crippen LogP contribution < -0.4 is 11.1 Å². The molecule has 0 saturated carbocycles. The summed E-state index contributed by atoms with van der Waals surface area (Å²) < 4.78 is 16.2. The van der Waals surface area contributed by atoms with Crippen LogP contribution in [0.25, 0.3) is 0 Å². The SMILES string of the molecule is Cc1ccc(C(O)C2CCN(CCc3c(C)nc4n(c3=O)CC(O)S4)CC2)cc1.Cc1nc2n(c(=O)c1CCN1CCC(C(=O)c3ccc(F)cc3)CC1)CC(O)S2. The number of Topliss-reactive ketones (excluding diaryl/α,β-unsaturated/α-hetero) is 1. The van der Waals surface area contributed by atoms with Crippen molar-refractivity contribution in [2.75, 3.05) is 39.3 Å². The number of likely N-dealkylation sites (tertiary alicyclic amines) is 2. The third kappa shape index (κ3) is 9.83. The highest BCUT2D eigenvalue weighted by Crippen LogP contribution is 2.32. The lowest BCUT2D eigenvalue weighted by Gasteiger charge is -2.34. The van der Waals surface area contributed by atoms with Gasteiger partial charge in [0.1, 0.15) is 16.7 Å². The molecule has 0 spiro atoms. The fourth-order valence-corrected chi connectivity index (χ4v) is 10.3. The molecule has 3 atom stereocenters. The number of aliphatic hydroxyl groups excluding tert-OH is 3. The molecule has 310 valence electrons. The first-order valence-corrected chi connectivity index (χ1v) is 22.0. The number of carbonyl (C=O) groups is 1. The van der Waals surface area contributed by atoms with Crippen molar-refractivity contribution in [3.63, 3.8) is 0 Å². The highest BCUT2D eigenvalue weighted by atomic mass is 32.2. The van der Waals surface area contributed by atoms with E-state index in [4.69, 9.17) is 0 Å². The highest BCUT2D eigenvalue weighted by Gasteiger charge is 2.30. The Hall–Kier alpha value is -3.70. The Labute approximate surface area is 346 Å². The molecule has 12 nitrogen and oxygen atoms in total. The van der Waals surface area contributed by atoms with Gasteiger partial charge in [0.15, 0.2) is 16.1 Å². The summed E-state index contributed by atoms with van der Waals surface area (Å²) in [5.41, 5.74) is 4.47. The Morgan fingerprint density at radius 2 is 1.21 bits per heavy atom. The second-order valence-corrected chi connectivity index (χ2v) is 18.2. The molecular weight excluding hydrogens is 780 g/mol. The number of thioether (sulfide) groups is 2. The molecule has 2 aromatic carbocycles. The number of rotatable bonds is 10. The Morgan fingerprint density at radius 3 is 1.69 bits per heavy atom. The van der Waals surface area contributed by atoms with Crippen molar-refractivity contribution in [3.05, 3.63) is 114 Å². The lowest BCUT2D eigenvalue weighted by atomic mass is 9.87. The summed E-state index contributed by atoms with van der Waals surface area (Å²) in [6, 6.07) is 13.9. The van der Waals surface area contributed by atoms with Crippen molar-refractivity contribution in [1.82, 2.24) is 28.9 Å². The molecule has 0 bridgehead atoms. The molecule has 6 heterocycles. The van der Waals surface area contributed by atoms with Crippen molar-refractivity contribution in [2.45, 2.75) is 99.7 Å². The average molecular weight is 833 g/mol. The van der Waals surface area contributed by atoms with Gasteiger partial charge in [-0.05, 0) is 121 Å². The Kier molecular flexibility index (Phi) is 13.7. The van der Waals surface area contributed by atoms with E-state index in [1.165, 1.54) is 41.2 Å². The maximum atomic E-state index is 13.1. The van der Waals surface area contributed by atoms with Crippen molar-refractivity contribution in [3.8, 4) is 0 Å². The van der Waals surface area contributed by atoms with E-state index in [2.05, 4.69) is 38.8 Å². The molecular formula is C43H53FN6O6S2. The Morgan fingerprint density at radius 1 is 0.741 bits per heavy atom. The zero-order valence-corrected chi connectivity index (χ0v) is 35.0. The summed E-state index contributed by atoms with van der Waals surface area (Å²) in [7, 11) is 0. The number of nitrogens with zero attached hydrogens (tertiary/aromatic N) is 6. The van der Waals surface area contributed by atoms with Crippen LogP contribution in [0, 0.1) is 38.4 Å². The molecule has 8 rings (SSSR count). The summed E-state index contributed by atoms with van der Waals surface area (Å²) in [6.45, 7) is 11.4. The predicted molar refractivity (Wildman–Crippen MR) is 223 cm³/mol. The van der Waals surface area contributed by atoms with E-state index in [0.717, 1.165) is 87.5 Å². The number of carbonyl (C=O) groups excluding carboxylic acids is 1. The summed E-state index contributed by atoms with van der Waals surface area (Å²) >= 11 is 2.47. The molecule has 0 radical (unpaired) electrons. The van der Waals surface area contributed by atoms with E-state index in [1.807, 2.05) is 26.0 Å². The van der Waals surface area contributed by atoms with Crippen LogP contribution in [0.15, 0.2) is 68.4 Å². The third-order valence-corrected chi connectivity index (χ3v) is 13.9. The first-order valence-electron chi connectivity index (χ1n) is 20.2. The number of aromatic nitrogens is 4. The van der Waals surface area contributed by atoms with Crippen molar-refractivity contribution in [1.29, 1.82) is 0 Å². The first-order chi connectivity index (χ1) is 27.8. The van der Waals surface area contributed by atoms with Gasteiger partial charge in [-0.1, -0.05) is 53.4 Å². The lowest BCUT2D eigenvalue weighted by molar-refractivity contribution is 0.0592. The van der Waals surface area contributed by atoms with Crippen LogP contribution in [0.4, 0.5) is 4.39 Å². The Bertz CT molecular complexity index is 2200. The minimum atomic E-state index is -0.609. The molecule has 3 unspecified atom stereocenters. The van der Waals surface area contributed by atoms with Gasteiger partial charge in [-0.15, -0.1) is 0 Å². The zero-order chi connectivity index (χ0) is 41.1. The van der Waals surface area contributed by atoms with Gasteiger partial charge in [-0.25, -0.2) is 14.4 Å². The summed E-state index contributed by atoms with van der Waals surface area (Å²) in [5, 5.41) is 31.5. The summed E-state index contributed by atoms with van der Waals surface area (Å²) in [5.74, 6) is -0.0138. The van der Waals surface area contributed by atoms with Gasteiger partial charge in [-0.3, -0.25) is 23.5 Å². The summed E-state index contributed by atoms with van der Waals surface area (Å²) in [6.07, 6.45) is 4.31. The number of fused-ring (bicyclic) bond motifs is 2. The average Bonchev–Trinajstić information content (AvgIpc) is 3.79. The highest BCUT2D eigenvalue weighted by molar-refractivity contribution is 8.00. The third-order valence-electron chi connectivity index (χ3n) is 12.0. The molecule has 2 saturated heterocycles. The number of hydrogen-bond donors (Lipinski definition) is 3. The monoisotopic (exact) mass is 832 g/mol. The number of piperidine rings is 2. The first kappa shape index (κ1) is 42.4. The minimum absolute atomic E-state index is 0.0128. The van der Waals surface area contributed by atoms with Gasteiger partial charge in [0.2, 0.25) is 0 Å². The van der Waals surface area contributed by atoms with E-state index < -0.39 is 17.0 Å². The van der Waals surface area contributed by atoms with Crippen LogP contribution in [-0.4, -0.2) is 100 Å². The number of aliphatic hydroxyl groups is 3. The number of hydrogen-bond acceptors (Lipinski definition) is 12. The topological polar surface area (TPSA) is 154 Å². The smallest absolute Gasteiger partial charge is 0.257 e. The van der Waals surface area contributed by atoms with Crippen LogP contribution in [-0.2, 0) is 25.9 Å². The van der Waals surface area contributed by atoms with Crippen LogP contribution >= 0.6 is 23.5 Å². The van der Waals surface area contributed by atoms with E-state index in [9.17, 15) is 34.1 Å². The van der Waals surface area contributed by atoms with Crippen LogP contribution in [0.3, 0.4) is 0 Å². The van der Waals surface area contributed by atoms with Crippen LogP contribution in [0.5, 0.6) is 0 Å². The standard InChI is InChI=1S/C22H29N3O3S.C21H24FN3O3S/c1-14-3-5-16(6-4-14)20(27)17-7-10-24(11-8-17)12-9-18-15(2)23-22-25(21(18)28)13-19(26)29-22;1-13-17(20(28)25-12-18(26)29-21(25)23-13)8-11-24-9-6-15(7-10-24)19(27)14-2-4-16(22)5-3-14/h3-6,17,19-20,26-27H,7-13H2,1-2H3;2-5,15,18,26H,6-12H2,1H3. The quantitative estimate of drug-likeness (QED) is 0.152. The molecule has 4 aliphatic heterocycles. The van der Waals surface area contributed by atoms with E-state index in [-0.39, 0.29) is 41.1 Å². The molecule has 4 aliphatic rings. The molecule has 0 aliphatic carbocycles. The number of halogens is 1. The molecule has 2 fully saturated rings. The Balaban J connectivity index is 0.000000177. The van der Waals surface area contributed by atoms with Gasteiger partial charge in [-0.2, -0.15) is 0 Å². The van der Waals surface area contributed by atoms with Gasteiger partial charge in [0, 0.05) is 47.1 Å².